The van der Waals surface area contributed by atoms with Gasteiger partial charge < -0.3 is 9.52 Å². The number of rotatable bonds is 4. The summed E-state index contributed by atoms with van der Waals surface area (Å²) in [4.78, 5) is 4.33. The first kappa shape index (κ1) is 7.80. The third-order valence-electron chi connectivity index (χ3n) is 2.11. The number of hydrogen-bond donors (Lipinski definition) is 1. The van der Waals surface area contributed by atoms with Crippen LogP contribution in [0.3, 0.4) is 0 Å². The van der Waals surface area contributed by atoms with Crippen molar-refractivity contribution in [3.63, 3.8) is 0 Å². The van der Waals surface area contributed by atoms with Crippen LogP contribution >= 0.6 is 0 Å². The van der Waals surface area contributed by atoms with Crippen molar-refractivity contribution in [2.75, 3.05) is 6.61 Å². The van der Waals surface area contributed by atoms with Crippen molar-refractivity contribution in [1.29, 1.82) is 0 Å². The van der Waals surface area contributed by atoms with Crippen LogP contribution in [0, 0.1) is 0 Å². The van der Waals surface area contributed by atoms with Crippen molar-refractivity contribution >= 4 is 0 Å². The molecule has 66 valence electrons. The zero-order valence-electron chi connectivity index (χ0n) is 6.99. The summed E-state index contributed by atoms with van der Waals surface area (Å²) in [5, 5.41) is 8.59. The van der Waals surface area contributed by atoms with Gasteiger partial charge in [0, 0.05) is 18.9 Å². The molecule has 3 nitrogen and oxygen atoms in total. The fourth-order valence-corrected chi connectivity index (χ4v) is 1.24. The Morgan fingerprint density at radius 3 is 3.08 bits per heavy atom. The standard InChI is InChI=1S/C9H13NO2/c11-5-1-2-9-10-8(6-12-9)7-3-4-7/h6-7,11H,1-5H2. The Morgan fingerprint density at radius 1 is 1.58 bits per heavy atom. The van der Waals surface area contributed by atoms with Crippen LogP contribution in [0.25, 0.3) is 0 Å². The van der Waals surface area contributed by atoms with Gasteiger partial charge in [-0.3, -0.25) is 0 Å². The number of aliphatic hydroxyl groups excluding tert-OH is 1. The second-order valence-electron chi connectivity index (χ2n) is 3.27. The lowest BCUT2D eigenvalue weighted by molar-refractivity contribution is 0.283. The minimum Gasteiger partial charge on any atom is -0.449 e. The Bertz CT molecular complexity index is 253. The summed E-state index contributed by atoms with van der Waals surface area (Å²) in [5.41, 5.74) is 1.10. The molecule has 1 aromatic rings. The number of aromatic nitrogens is 1. The van der Waals surface area contributed by atoms with E-state index in [0.29, 0.717) is 5.92 Å². The molecule has 0 saturated heterocycles. The van der Waals surface area contributed by atoms with E-state index >= 15 is 0 Å². The van der Waals surface area contributed by atoms with Crippen molar-refractivity contribution < 1.29 is 9.52 Å². The van der Waals surface area contributed by atoms with Crippen molar-refractivity contribution in [3.8, 4) is 0 Å². The Hall–Kier alpha value is -0.830. The number of aryl methyl sites for hydroxylation is 1. The van der Waals surface area contributed by atoms with Gasteiger partial charge in [0.25, 0.3) is 0 Å². The summed E-state index contributed by atoms with van der Waals surface area (Å²) in [7, 11) is 0. The first-order chi connectivity index (χ1) is 5.90. The predicted octanol–water partition coefficient (Wildman–Crippen LogP) is 1.48. The monoisotopic (exact) mass is 167 g/mol. The predicted molar refractivity (Wildman–Crippen MR) is 43.9 cm³/mol. The molecule has 1 aliphatic rings. The topological polar surface area (TPSA) is 46.3 Å². The fourth-order valence-electron chi connectivity index (χ4n) is 1.24. The van der Waals surface area contributed by atoms with E-state index in [2.05, 4.69) is 4.98 Å². The average molecular weight is 167 g/mol. The SMILES string of the molecule is OCCCc1nc(C2CC2)co1. The van der Waals surface area contributed by atoms with E-state index in [1.807, 2.05) is 0 Å². The second kappa shape index (κ2) is 3.27. The smallest absolute Gasteiger partial charge is 0.194 e. The van der Waals surface area contributed by atoms with Gasteiger partial charge in [-0.1, -0.05) is 0 Å². The van der Waals surface area contributed by atoms with E-state index in [1.165, 1.54) is 12.8 Å². The van der Waals surface area contributed by atoms with Crippen LogP contribution in [-0.4, -0.2) is 16.7 Å². The molecule has 0 spiro atoms. The lowest BCUT2D eigenvalue weighted by Gasteiger charge is -1.89. The van der Waals surface area contributed by atoms with Gasteiger partial charge in [0.2, 0.25) is 0 Å². The van der Waals surface area contributed by atoms with Crippen LogP contribution < -0.4 is 0 Å². The van der Waals surface area contributed by atoms with Crippen LogP contribution in [0.1, 0.15) is 36.8 Å². The van der Waals surface area contributed by atoms with E-state index in [9.17, 15) is 0 Å². The molecule has 0 aliphatic heterocycles. The summed E-state index contributed by atoms with van der Waals surface area (Å²) in [6.07, 6.45) is 5.76. The molecule has 0 aromatic carbocycles. The highest BCUT2D eigenvalue weighted by Crippen LogP contribution is 2.39. The van der Waals surface area contributed by atoms with Crippen LogP contribution in [0.15, 0.2) is 10.7 Å². The van der Waals surface area contributed by atoms with Crippen LogP contribution in [-0.2, 0) is 6.42 Å². The lowest BCUT2D eigenvalue weighted by atomic mass is 10.3. The summed E-state index contributed by atoms with van der Waals surface area (Å²) in [6.45, 7) is 0.209. The zero-order chi connectivity index (χ0) is 8.39. The number of aliphatic hydroxyl groups is 1. The molecule has 0 bridgehead atoms. The normalized spacial score (nSPS) is 16.8. The Balaban J connectivity index is 1.93. The first-order valence-corrected chi connectivity index (χ1v) is 4.45. The highest BCUT2D eigenvalue weighted by atomic mass is 16.3. The molecule has 1 fully saturated rings. The van der Waals surface area contributed by atoms with Crippen molar-refractivity contribution in [2.45, 2.75) is 31.6 Å². The van der Waals surface area contributed by atoms with Crippen molar-refractivity contribution in [3.05, 3.63) is 17.8 Å². The Kier molecular flexibility index (Phi) is 2.13. The molecule has 1 heterocycles. The molecular weight excluding hydrogens is 154 g/mol. The van der Waals surface area contributed by atoms with E-state index in [1.54, 1.807) is 6.26 Å². The van der Waals surface area contributed by atoms with Gasteiger partial charge in [0.05, 0.1) is 5.69 Å². The first-order valence-electron chi connectivity index (χ1n) is 4.45. The third kappa shape index (κ3) is 1.67. The number of hydrogen-bond acceptors (Lipinski definition) is 3. The summed E-state index contributed by atoms with van der Waals surface area (Å²) >= 11 is 0. The van der Waals surface area contributed by atoms with Gasteiger partial charge in [0.15, 0.2) is 5.89 Å². The van der Waals surface area contributed by atoms with E-state index < -0.39 is 0 Å². The zero-order valence-corrected chi connectivity index (χ0v) is 6.99. The van der Waals surface area contributed by atoms with Gasteiger partial charge in [0.1, 0.15) is 6.26 Å². The molecule has 2 rings (SSSR count). The van der Waals surface area contributed by atoms with E-state index in [0.717, 1.165) is 24.4 Å². The van der Waals surface area contributed by atoms with Gasteiger partial charge >= 0.3 is 0 Å². The molecule has 0 radical (unpaired) electrons. The van der Waals surface area contributed by atoms with Gasteiger partial charge in [-0.15, -0.1) is 0 Å². The number of oxazole rings is 1. The molecule has 12 heavy (non-hydrogen) atoms. The molecule has 0 amide bonds. The maximum atomic E-state index is 8.59. The maximum Gasteiger partial charge on any atom is 0.194 e. The minimum absolute atomic E-state index is 0.209. The lowest BCUT2D eigenvalue weighted by Crippen LogP contribution is -1.89. The summed E-state index contributed by atoms with van der Waals surface area (Å²) < 4.78 is 5.25. The Labute approximate surface area is 71.4 Å². The minimum atomic E-state index is 0.209. The van der Waals surface area contributed by atoms with E-state index in [-0.39, 0.29) is 6.61 Å². The molecule has 1 N–H and O–H groups in total. The fraction of sp³-hybridized carbons (Fsp3) is 0.667. The Morgan fingerprint density at radius 2 is 2.42 bits per heavy atom. The molecule has 0 atom stereocenters. The quantitative estimate of drug-likeness (QED) is 0.738. The third-order valence-corrected chi connectivity index (χ3v) is 2.11. The van der Waals surface area contributed by atoms with Crippen LogP contribution in [0.2, 0.25) is 0 Å². The highest BCUT2D eigenvalue weighted by molar-refractivity contribution is 5.10. The maximum absolute atomic E-state index is 8.59. The van der Waals surface area contributed by atoms with Crippen LogP contribution in [0.5, 0.6) is 0 Å². The van der Waals surface area contributed by atoms with Gasteiger partial charge in [-0.2, -0.15) is 0 Å². The molecular formula is C9H13NO2. The molecule has 1 aliphatic carbocycles. The van der Waals surface area contributed by atoms with Gasteiger partial charge in [-0.05, 0) is 19.3 Å². The van der Waals surface area contributed by atoms with Crippen molar-refractivity contribution in [2.24, 2.45) is 0 Å². The summed E-state index contributed by atoms with van der Waals surface area (Å²) in [6, 6.07) is 0. The van der Waals surface area contributed by atoms with Crippen LogP contribution in [0.4, 0.5) is 0 Å². The molecule has 1 aromatic heterocycles. The average Bonchev–Trinajstić information content (AvgIpc) is 2.83. The molecule has 3 heteroatoms. The second-order valence-corrected chi connectivity index (χ2v) is 3.27. The van der Waals surface area contributed by atoms with E-state index in [4.69, 9.17) is 9.52 Å². The molecule has 0 unspecified atom stereocenters. The molecule has 1 saturated carbocycles. The van der Waals surface area contributed by atoms with Gasteiger partial charge in [-0.25, -0.2) is 4.98 Å². The highest BCUT2D eigenvalue weighted by Gasteiger charge is 2.26. The summed E-state index contributed by atoms with van der Waals surface area (Å²) in [5.74, 6) is 1.43. The van der Waals surface area contributed by atoms with Crippen molar-refractivity contribution in [1.82, 2.24) is 4.98 Å². The largest absolute Gasteiger partial charge is 0.449 e. The number of nitrogens with zero attached hydrogens (tertiary/aromatic N) is 1.